The van der Waals surface area contributed by atoms with Crippen molar-refractivity contribution in [2.45, 2.75) is 39.0 Å². The van der Waals surface area contributed by atoms with Crippen molar-refractivity contribution in [1.82, 2.24) is 0 Å². The Hall–Kier alpha value is -1.85. The van der Waals surface area contributed by atoms with Gasteiger partial charge in [0, 0.05) is 10.4 Å². The Kier molecular flexibility index (Phi) is 8.13. The highest BCUT2D eigenvalue weighted by atomic mass is 35.5. The minimum atomic E-state index is -0.310. The molecule has 0 saturated heterocycles. The molecule has 0 spiro atoms. The number of nitrogens with one attached hydrogen (secondary N) is 1. The number of aryl methyl sites for hydroxylation is 1. The zero-order valence-electron chi connectivity index (χ0n) is 15.1. The lowest BCUT2D eigenvalue weighted by molar-refractivity contribution is -0.113. The number of benzene rings is 1. The number of anilines is 1. The molecule has 1 aromatic heterocycles. The van der Waals surface area contributed by atoms with Crippen LogP contribution in [0.5, 0.6) is 5.75 Å². The maximum Gasteiger partial charge on any atom is 0.239 e. The number of hydrogen-bond acceptors (Lipinski definition) is 4. The van der Waals surface area contributed by atoms with E-state index in [0.29, 0.717) is 21.9 Å². The lowest BCUT2D eigenvalue weighted by Crippen LogP contribution is -2.14. The van der Waals surface area contributed by atoms with Crippen molar-refractivity contribution in [3.05, 3.63) is 46.3 Å². The van der Waals surface area contributed by atoms with Crippen molar-refractivity contribution in [2.24, 2.45) is 0 Å². The van der Waals surface area contributed by atoms with Crippen molar-refractivity contribution in [3.8, 4) is 5.75 Å². The van der Waals surface area contributed by atoms with Gasteiger partial charge in [0.2, 0.25) is 5.91 Å². The highest BCUT2D eigenvalue weighted by Crippen LogP contribution is 2.31. The summed E-state index contributed by atoms with van der Waals surface area (Å²) in [5.41, 5.74) is 1.08. The number of carbonyl (C=O) groups excluding carboxylic acids is 2. The summed E-state index contributed by atoms with van der Waals surface area (Å²) in [5, 5.41) is 3.33. The topological polar surface area (TPSA) is 55.4 Å². The lowest BCUT2D eigenvalue weighted by Gasteiger charge is -2.05. The molecule has 1 N–H and O–H groups in total. The number of rotatable bonds is 10. The van der Waals surface area contributed by atoms with Crippen molar-refractivity contribution in [1.29, 1.82) is 0 Å². The smallest absolute Gasteiger partial charge is 0.239 e. The number of ether oxygens (including phenoxy) is 1. The van der Waals surface area contributed by atoms with Crippen molar-refractivity contribution >= 4 is 39.6 Å². The fourth-order valence-electron chi connectivity index (χ4n) is 2.61. The van der Waals surface area contributed by atoms with E-state index in [9.17, 15) is 9.59 Å². The van der Waals surface area contributed by atoms with Gasteiger partial charge in [-0.25, -0.2) is 0 Å². The van der Waals surface area contributed by atoms with Crippen LogP contribution in [0.3, 0.4) is 0 Å². The minimum absolute atomic E-state index is 0.117. The third kappa shape index (κ3) is 5.58. The maximum atomic E-state index is 12.9. The Morgan fingerprint density at radius 1 is 1.15 bits per heavy atom. The lowest BCUT2D eigenvalue weighted by atomic mass is 10.0. The van der Waals surface area contributed by atoms with Gasteiger partial charge in [-0.2, -0.15) is 0 Å². The van der Waals surface area contributed by atoms with Gasteiger partial charge in [0.25, 0.3) is 0 Å². The second kappa shape index (κ2) is 10.3. The zero-order valence-corrected chi connectivity index (χ0v) is 16.7. The van der Waals surface area contributed by atoms with E-state index in [1.54, 1.807) is 31.4 Å². The molecule has 0 aliphatic rings. The Morgan fingerprint density at radius 2 is 1.88 bits per heavy atom. The minimum Gasteiger partial charge on any atom is -0.497 e. The number of alkyl halides is 1. The van der Waals surface area contributed by atoms with Gasteiger partial charge in [0.15, 0.2) is 5.78 Å². The molecule has 140 valence electrons. The first kappa shape index (κ1) is 20.5. The number of hydrogen-bond donors (Lipinski definition) is 1. The number of halogens is 1. The van der Waals surface area contributed by atoms with Crippen LogP contribution in [0.1, 0.15) is 53.4 Å². The van der Waals surface area contributed by atoms with Crippen LogP contribution >= 0.6 is 22.9 Å². The molecular weight excluding hydrogens is 370 g/mol. The first-order valence-corrected chi connectivity index (χ1v) is 10.1. The van der Waals surface area contributed by atoms with Crippen LogP contribution in [0.2, 0.25) is 0 Å². The summed E-state index contributed by atoms with van der Waals surface area (Å²) in [5.74, 6) is 0.127. The van der Waals surface area contributed by atoms with Crippen LogP contribution < -0.4 is 10.1 Å². The standard InChI is InChI=1S/C20H24ClNO3S/c1-3-4-5-6-7-16-12-17(20(26-16)22-18(23)13-21)19(24)14-8-10-15(25-2)11-9-14/h8-12H,3-7,13H2,1-2H3,(H,22,23). The highest BCUT2D eigenvalue weighted by molar-refractivity contribution is 7.16. The van der Waals surface area contributed by atoms with Crippen molar-refractivity contribution in [2.75, 3.05) is 18.3 Å². The summed E-state index contributed by atoms with van der Waals surface area (Å²) in [4.78, 5) is 25.7. The van der Waals surface area contributed by atoms with E-state index in [2.05, 4.69) is 12.2 Å². The maximum absolute atomic E-state index is 12.9. The normalized spacial score (nSPS) is 10.6. The Bertz CT molecular complexity index is 740. The van der Waals surface area contributed by atoms with E-state index in [-0.39, 0.29) is 17.6 Å². The number of carbonyl (C=O) groups is 2. The fraction of sp³-hybridized carbons (Fsp3) is 0.400. The number of ketones is 1. The summed E-state index contributed by atoms with van der Waals surface area (Å²) in [7, 11) is 1.58. The summed E-state index contributed by atoms with van der Waals surface area (Å²) in [6, 6.07) is 8.86. The summed E-state index contributed by atoms with van der Waals surface area (Å²) >= 11 is 7.06. The predicted molar refractivity (Wildman–Crippen MR) is 108 cm³/mol. The van der Waals surface area contributed by atoms with Crippen LogP contribution in [-0.4, -0.2) is 24.7 Å². The summed E-state index contributed by atoms with van der Waals surface area (Å²) < 4.78 is 5.13. The van der Waals surface area contributed by atoms with Crippen molar-refractivity contribution < 1.29 is 14.3 Å². The van der Waals surface area contributed by atoms with E-state index in [1.807, 2.05) is 6.07 Å². The van der Waals surface area contributed by atoms with E-state index in [1.165, 1.54) is 30.6 Å². The fourth-order valence-corrected chi connectivity index (χ4v) is 3.79. The Labute approximate surface area is 163 Å². The van der Waals surface area contributed by atoms with E-state index in [0.717, 1.165) is 17.7 Å². The van der Waals surface area contributed by atoms with E-state index >= 15 is 0 Å². The molecule has 1 amide bonds. The third-order valence-corrected chi connectivity index (χ3v) is 5.38. The Balaban J connectivity index is 2.23. The number of thiophene rings is 1. The average Bonchev–Trinajstić information content (AvgIpc) is 3.07. The van der Waals surface area contributed by atoms with Gasteiger partial charge >= 0.3 is 0 Å². The largest absolute Gasteiger partial charge is 0.497 e. The number of methoxy groups -OCH3 is 1. The molecule has 2 aromatic rings. The highest BCUT2D eigenvalue weighted by Gasteiger charge is 2.19. The molecule has 0 radical (unpaired) electrons. The van der Waals surface area contributed by atoms with Crippen LogP contribution in [0.4, 0.5) is 5.00 Å². The SMILES string of the molecule is CCCCCCc1cc(C(=O)c2ccc(OC)cc2)c(NC(=O)CCl)s1. The molecule has 6 heteroatoms. The molecule has 1 heterocycles. The molecule has 1 aromatic carbocycles. The third-order valence-electron chi connectivity index (χ3n) is 4.03. The quantitative estimate of drug-likeness (QED) is 0.339. The molecule has 0 atom stereocenters. The molecule has 0 saturated carbocycles. The molecule has 0 aliphatic carbocycles. The average molecular weight is 394 g/mol. The van der Waals surface area contributed by atoms with Gasteiger partial charge in [-0.15, -0.1) is 22.9 Å². The number of unbranched alkanes of at least 4 members (excludes halogenated alkanes) is 3. The molecule has 0 unspecified atom stereocenters. The van der Waals surface area contributed by atoms with Gasteiger partial charge in [-0.1, -0.05) is 26.2 Å². The van der Waals surface area contributed by atoms with E-state index in [4.69, 9.17) is 16.3 Å². The van der Waals surface area contributed by atoms with Gasteiger partial charge in [-0.05, 0) is 43.2 Å². The number of amides is 1. The second-order valence-electron chi connectivity index (χ2n) is 6.01. The van der Waals surface area contributed by atoms with Crippen LogP contribution in [-0.2, 0) is 11.2 Å². The molecule has 2 rings (SSSR count). The van der Waals surface area contributed by atoms with Crippen LogP contribution in [0.25, 0.3) is 0 Å². The first-order valence-electron chi connectivity index (χ1n) is 8.76. The molecule has 0 aliphatic heterocycles. The van der Waals surface area contributed by atoms with Crippen molar-refractivity contribution in [3.63, 3.8) is 0 Å². The second-order valence-corrected chi connectivity index (χ2v) is 7.41. The van der Waals surface area contributed by atoms with E-state index < -0.39 is 0 Å². The van der Waals surface area contributed by atoms with Gasteiger partial charge in [0.1, 0.15) is 16.6 Å². The first-order chi connectivity index (χ1) is 12.6. The Morgan fingerprint density at radius 3 is 2.50 bits per heavy atom. The zero-order chi connectivity index (χ0) is 18.9. The molecule has 0 bridgehead atoms. The van der Waals surface area contributed by atoms with Crippen LogP contribution in [0, 0.1) is 0 Å². The van der Waals surface area contributed by atoms with Crippen LogP contribution in [0.15, 0.2) is 30.3 Å². The molecular formula is C20H24ClNO3S. The molecule has 4 nitrogen and oxygen atoms in total. The van der Waals surface area contributed by atoms with Gasteiger partial charge < -0.3 is 10.1 Å². The van der Waals surface area contributed by atoms with Gasteiger partial charge in [-0.3, -0.25) is 9.59 Å². The summed E-state index contributed by atoms with van der Waals surface area (Å²) in [6.07, 6.45) is 5.54. The molecule has 0 fully saturated rings. The molecule has 26 heavy (non-hydrogen) atoms. The predicted octanol–water partition coefficient (Wildman–Crippen LogP) is 5.29. The monoisotopic (exact) mass is 393 g/mol. The van der Waals surface area contributed by atoms with Gasteiger partial charge in [0.05, 0.1) is 12.7 Å². The summed E-state index contributed by atoms with van der Waals surface area (Å²) in [6.45, 7) is 2.18.